The van der Waals surface area contributed by atoms with E-state index in [0.29, 0.717) is 30.3 Å². The molecule has 2 fully saturated rings. The third-order valence-electron chi connectivity index (χ3n) is 5.50. The van der Waals surface area contributed by atoms with E-state index in [9.17, 15) is 13.6 Å². The van der Waals surface area contributed by atoms with Gasteiger partial charge in [0.05, 0.1) is 5.56 Å². The number of hydrogen-bond acceptors (Lipinski definition) is 3. The van der Waals surface area contributed by atoms with E-state index in [1.807, 2.05) is 0 Å². The quantitative estimate of drug-likeness (QED) is 0.901. The minimum Gasteiger partial charge on any atom is -0.337 e. The van der Waals surface area contributed by atoms with Crippen LogP contribution in [0, 0.1) is 11.6 Å². The largest absolute Gasteiger partial charge is 0.337 e. The summed E-state index contributed by atoms with van der Waals surface area (Å²) in [7, 11) is 0. The van der Waals surface area contributed by atoms with Crippen molar-refractivity contribution in [3.63, 3.8) is 0 Å². The third kappa shape index (κ3) is 3.87. The first-order valence-electron chi connectivity index (χ1n) is 9.41. The van der Waals surface area contributed by atoms with Gasteiger partial charge in [0.25, 0.3) is 5.91 Å². The van der Waals surface area contributed by atoms with Crippen molar-refractivity contribution in [3.05, 3.63) is 59.7 Å². The molecule has 0 bridgehead atoms. The molecule has 6 heteroatoms. The molecule has 27 heavy (non-hydrogen) atoms. The van der Waals surface area contributed by atoms with Gasteiger partial charge in [-0.15, -0.1) is 0 Å². The first-order valence-corrected chi connectivity index (χ1v) is 9.41. The Hall–Kier alpha value is -2.31. The summed E-state index contributed by atoms with van der Waals surface area (Å²) in [5.41, 5.74) is 1.44. The predicted molar refractivity (Wildman–Crippen MR) is 101 cm³/mol. The molecule has 1 N–H and O–H groups in total. The minimum atomic E-state index is -0.535. The Morgan fingerprint density at radius 1 is 0.963 bits per heavy atom. The van der Waals surface area contributed by atoms with Crippen molar-refractivity contribution in [1.82, 2.24) is 15.1 Å². The number of hydrogen-bond donors (Lipinski definition) is 1. The molecule has 2 aromatic carbocycles. The van der Waals surface area contributed by atoms with Gasteiger partial charge < -0.3 is 10.2 Å². The topological polar surface area (TPSA) is 35.6 Å². The average Bonchev–Trinajstić information content (AvgIpc) is 3.19. The lowest BCUT2D eigenvalue weighted by molar-refractivity contribution is 0.0769. The number of piperazine rings is 1. The maximum atomic E-state index is 14.6. The summed E-state index contributed by atoms with van der Waals surface area (Å²) in [6.45, 7) is 5.25. The summed E-state index contributed by atoms with van der Waals surface area (Å²) in [4.78, 5) is 17.0. The Balaban J connectivity index is 1.46. The Labute approximate surface area is 157 Å². The predicted octanol–water partition coefficient (Wildman–Crippen LogP) is 2.75. The highest BCUT2D eigenvalue weighted by molar-refractivity contribution is 5.95. The summed E-state index contributed by atoms with van der Waals surface area (Å²) in [5.74, 6) is -1.12. The number of halogens is 2. The normalized spacial score (nSPS) is 20.8. The second-order valence-electron chi connectivity index (χ2n) is 7.18. The van der Waals surface area contributed by atoms with Gasteiger partial charge in [-0.1, -0.05) is 18.2 Å². The number of nitrogens with zero attached hydrogens (tertiary/aromatic N) is 2. The van der Waals surface area contributed by atoms with Crippen LogP contribution < -0.4 is 5.32 Å². The van der Waals surface area contributed by atoms with Crippen molar-refractivity contribution < 1.29 is 13.6 Å². The van der Waals surface area contributed by atoms with Crippen molar-refractivity contribution in [3.8, 4) is 11.1 Å². The number of nitrogens with one attached hydrogen (secondary N) is 1. The lowest BCUT2D eigenvalue weighted by atomic mass is 10.0. The maximum absolute atomic E-state index is 14.6. The molecular formula is C21H23F2N3O. The van der Waals surface area contributed by atoms with Gasteiger partial charge in [-0.2, -0.15) is 0 Å². The second kappa shape index (κ2) is 7.74. The molecule has 0 aliphatic carbocycles. The van der Waals surface area contributed by atoms with E-state index in [-0.39, 0.29) is 17.3 Å². The molecule has 1 amide bonds. The third-order valence-corrected chi connectivity index (χ3v) is 5.50. The molecule has 0 aromatic heterocycles. The molecule has 2 aromatic rings. The van der Waals surface area contributed by atoms with Crippen LogP contribution in [0.1, 0.15) is 16.8 Å². The first kappa shape index (κ1) is 18.1. The minimum absolute atomic E-state index is 0.0989. The zero-order chi connectivity index (χ0) is 18.8. The molecule has 0 spiro atoms. The first-order chi connectivity index (χ1) is 13.1. The fourth-order valence-corrected chi connectivity index (χ4v) is 3.95. The van der Waals surface area contributed by atoms with Crippen molar-refractivity contribution in [1.29, 1.82) is 0 Å². The van der Waals surface area contributed by atoms with Crippen LogP contribution in [0.2, 0.25) is 0 Å². The Bertz CT molecular complexity index is 819. The fourth-order valence-electron chi connectivity index (χ4n) is 3.95. The van der Waals surface area contributed by atoms with Crippen LogP contribution in [-0.2, 0) is 0 Å². The van der Waals surface area contributed by atoms with Gasteiger partial charge in [-0.25, -0.2) is 8.78 Å². The van der Waals surface area contributed by atoms with E-state index in [1.54, 1.807) is 23.1 Å². The second-order valence-corrected chi connectivity index (χ2v) is 7.18. The van der Waals surface area contributed by atoms with E-state index in [4.69, 9.17) is 0 Å². The van der Waals surface area contributed by atoms with Crippen LogP contribution in [0.5, 0.6) is 0 Å². The number of rotatable bonds is 3. The molecule has 2 heterocycles. The summed E-state index contributed by atoms with van der Waals surface area (Å²) in [6.07, 6.45) is 0.932. The highest BCUT2D eigenvalue weighted by Gasteiger charge is 2.32. The van der Waals surface area contributed by atoms with Gasteiger partial charge in [0.15, 0.2) is 0 Å². The zero-order valence-corrected chi connectivity index (χ0v) is 15.1. The number of likely N-dealkylation sites (tertiary alicyclic amines) is 1. The average molecular weight is 371 g/mol. The molecule has 4 rings (SSSR count). The highest BCUT2D eigenvalue weighted by Crippen LogP contribution is 2.25. The van der Waals surface area contributed by atoms with Crippen LogP contribution in [0.25, 0.3) is 11.1 Å². The molecule has 0 radical (unpaired) electrons. The van der Waals surface area contributed by atoms with Crippen LogP contribution in [0.15, 0.2) is 42.5 Å². The number of amides is 1. The van der Waals surface area contributed by atoms with Gasteiger partial charge in [-0.3, -0.25) is 9.69 Å². The Kier molecular flexibility index (Phi) is 5.18. The van der Waals surface area contributed by atoms with Crippen LogP contribution in [0.3, 0.4) is 0 Å². The van der Waals surface area contributed by atoms with E-state index in [0.717, 1.165) is 32.6 Å². The standard InChI is InChI=1S/C21H23F2N3O/c22-17-4-1-15(2-5-17)16-3-6-19(20(23)13-16)21(27)26-10-7-18(14-26)25-11-8-24-9-12-25/h1-6,13,18,24H,7-12,14H2. The lowest BCUT2D eigenvalue weighted by Crippen LogP contribution is -2.49. The van der Waals surface area contributed by atoms with E-state index >= 15 is 0 Å². The summed E-state index contributed by atoms with van der Waals surface area (Å²) in [6, 6.07) is 10.8. The van der Waals surface area contributed by atoms with Gasteiger partial charge in [-0.05, 0) is 41.8 Å². The SMILES string of the molecule is O=C(c1ccc(-c2ccc(F)cc2)cc1F)N1CCC(N2CCNCC2)C1. The zero-order valence-electron chi connectivity index (χ0n) is 15.1. The molecule has 2 aliphatic heterocycles. The van der Waals surface area contributed by atoms with E-state index in [1.165, 1.54) is 24.3 Å². The van der Waals surface area contributed by atoms with E-state index < -0.39 is 5.82 Å². The van der Waals surface area contributed by atoms with Crippen molar-refractivity contribution >= 4 is 5.91 Å². The number of benzene rings is 2. The van der Waals surface area contributed by atoms with Crippen LogP contribution in [0.4, 0.5) is 8.78 Å². The summed E-state index contributed by atoms with van der Waals surface area (Å²) in [5, 5.41) is 3.33. The number of carbonyl (C=O) groups excluding carboxylic acids is 1. The Morgan fingerprint density at radius 3 is 2.37 bits per heavy atom. The summed E-state index contributed by atoms with van der Waals surface area (Å²) >= 11 is 0. The molecule has 0 saturated carbocycles. The van der Waals surface area contributed by atoms with E-state index in [2.05, 4.69) is 10.2 Å². The van der Waals surface area contributed by atoms with Gasteiger partial charge >= 0.3 is 0 Å². The van der Waals surface area contributed by atoms with Crippen LogP contribution >= 0.6 is 0 Å². The van der Waals surface area contributed by atoms with Crippen LogP contribution in [-0.4, -0.2) is 61.0 Å². The molecule has 2 saturated heterocycles. The molecule has 4 nitrogen and oxygen atoms in total. The smallest absolute Gasteiger partial charge is 0.256 e. The van der Waals surface area contributed by atoms with Gasteiger partial charge in [0.2, 0.25) is 0 Å². The fraction of sp³-hybridized carbons (Fsp3) is 0.381. The Morgan fingerprint density at radius 2 is 1.67 bits per heavy atom. The molecule has 2 aliphatic rings. The van der Waals surface area contributed by atoms with Crippen molar-refractivity contribution in [2.75, 3.05) is 39.3 Å². The highest BCUT2D eigenvalue weighted by atomic mass is 19.1. The molecule has 1 unspecified atom stereocenters. The summed E-state index contributed by atoms with van der Waals surface area (Å²) < 4.78 is 27.7. The molecule has 1 atom stereocenters. The van der Waals surface area contributed by atoms with Gasteiger partial charge in [0.1, 0.15) is 11.6 Å². The van der Waals surface area contributed by atoms with Gasteiger partial charge in [0, 0.05) is 45.3 Å². The monoisotopic (exact) mass is 371 g/mol. The number of carbonyl (C=O) groups is 1. The lowest BCUT2D eigenvalue weighted by Gasteiger charge is -2.32. The maximum Gasteiger partial charge on any atom is 0.256 e. The van der Waals surface area contributed by atoms with Crippen molar-refractivity contribution in [2.45, 2.75) is 12.5 Å². The van der Waals surface area contributed by atoms with Crippen molar-refractivity contribution in [2.24, 2.45) is 0 Å². The molecular weight excluding hydrogens is 348 g/mol. The molecule has 142 valence electrons.